The lowest BCUT2D eigenvalue weighted by molar-refractivity contribution is 0.419. The number of aromatic nitrogens is 2. The van der Waals surface area contributed by atoms with Gasteiger partial charge in [0.2, 0.25) is 5.88 Å². The Kier molecular flexibility index (Phi) is 1.37. The van der Waals surface area contributed by atoms with Gasteiger partial charge < -0.3 is 5.11 Å². The molecule has 0 amide bonds. The molecule has 0 fully saturated rings. The first-order chi connectivity index (χ1) is 4.13. The lowest BCUT2D eigenvalue weighted by Crippen LogP contribution is -1.88. The lowest BCUT2D eigenvalue weighted by Gasteiger charge is -1.88. The number of aryl methyl sites for hydroxylation is 2. The van der Waals surface area contributed by atoms with E-state index in [1.54, 1.807) is 14.0 Å². The van der Waals surface area contributed by atoms with E-state index in [-0.39, 0.29) is 5.88 Å². The van der Waals surface area contributed by atoms with Crippen LogP contribution in [-0.4, -0.2) is 14.9 Å². The Morgan fingerprint density at radius 1 is 1.67 bits per heavy atom. The topological polar surface area (TPSA) is 38.0 Å². The molecule has 50 valence electrons. The lowest BCUT2D eigenvalue weighted by atomic mass is 10.5. The van der Waals surface area contributed by atoms with Gasteiger partial charge in [0.25, 0.3) is 0 Å². The fourth-order valence-electron chi connectivity index (χ4n) is 0.620. The van der Waals surface area contributed by atoms with E-state index in [0.717, 1.165) is 0 Å². The van der Waals surface area contributed by atoms with Crippen molar-refractivity contribution < 1.29 is 5.11 Å². The van der Waals surface area contributed by atoms with Crippen LogP contribution in [0.4, 0.5) is 0 Å². The molecule has 0 atom stereocenters. The van der Waals surface area contributed by atoms with Gasteiger partial charge >= 0.3 is 0 Å². The van der Waals surface area contributed by atoms with Gasteiger partial charge in [-0.2, -0.15) is 5.10 Å². The standard InChI is InChI=1S/C5H7ClN2O/c1-3-4(6)5(9)8(2)7-3/h9H,1-2H3. The van der Waals surface area contributed by atoms with Crippen LogP contribution in [0.25, 0.3) is 0 Å². The summed E-state index contributed by atoms with van der Waals surface area (Å²) in [6, 6.07) is 0. The van der Waals surface area contributed by atoms with Crippen molar-refractivity contribution in [2.24, 2.45) is 7.05 Å². The van der Waals surface area contributed by atoms with E-state index in [4.69, 9.17) is 16.7 Å². The molecule has 1 heterocycles. The maximum Gasteiger partial charge on any atom is 0.228 e. The van der Waals surface area contributed by atoms with E-state index in [0.29, 0.717) is 10.7 Å². The molecule has 0 aliphatic heterocycles. The van der Waals surface area contributed by atoms with Crippen LogP contribution in [-0.2, 0) is 7.05 Å². The average molecular weight is 147 g/mol. The third-order valence-corrected chi connectivity index (χ3v) is 1.56. The van der Waals surface area contributed by atoms with Crippen molar-refractivity contribution in [1.82, 2.24) is 9.78 Å². The van der Waals surface area contributed by atoms with E-state index < -0.39 is 0 Å². The van der Waals surface area contributed by atoms with Crippen molar-refractivity contribution in [1.29, 1.82) is 0 Å². The summed E-state index contributed by atoms with van der Waals surface area (Å²) in [5.74, 6) is 0.0224. The summed E-state index contributed by atoms with van der Waals surface area (Å²) in [6.07, 6.45) is 0. The molecule has 3 nitrogen and oxygen atoms in total. The number of nitrogens with zero attached hydrogens (tertiary/aromatic N) is 2. The van der Waals surface area contributed by atoms with Gasteiger partial charge in [0.1, 0.15) is 5.02 Å². The molecule has 1 aromatic heterocycles. The highest BCUT2D eigenvalue weighted by Gasteiger charge is 2.07. The molecule has 0 unspecified atom stereocenters. The van der Waals surface area contributed by atoms with Crippen LogP contribution in [0, 0.1) is 6.92 Å². The van der Waals surface area contributed by atoms with Gasteiger partial charge in [0.05, 0.1) is 5.69 Å². The van der Waals surface area contributed by atoms with Crippen LogP contribution in [0.2, 0.25) is 5.02 Å². The van der Waals surface area contributed by atoms with Crippen LogP contribution < -0.4 is 0 Å². The monoisotopic (exact) mass is 146 g/mol. The highest BCUT2D eigenvalue weighted by molar-refractivity contribution is 6.32. The van der Waals surface area contributed by atoms with Crippen molar-refractivity contribution in [3.63, 3.8) is 0 Å². The van der Waals surface area contributed by atoms with Gasteiger partial charge in [0, 0.05) is 7.05 Å². The summed E-state index contributed by atoms with van der Waals surface area (Å²) >= 11 is 5.57. The fraction of sp³-hybridized carbons (Fsp3) is 0.400. The molecule has 0 aliphatic carbocycles. The zero-order valence-electron chi connectivity index (χ0n) is 5.22. The first-order valence-corrected chi connectivity index (χ1v) is 2.88. The van der Waals surface area contributed by atoms with E-state index in [2.05, 4.69) is 5.10 Å². The molecule has 1 aromatic rings. The molecular formula is C5H7ClN2O. The third-order valence-electron chi connectivity index (χ3n) is 1.12. The molecule has 0 saturated heterocycles. The SMILES string of the molecule is Cc1nn(C)c(O)c1Cl. The summed E-state index contributed by atoms with van der Waals surface area (Å²) in [4.78, 5) is 0. The average Bonchev–Trinajstić information content (AvgIpc) is 1.98. The zero-order chi connectivity index (χ0) is 7.02. The van der Waals surface area contributed by atoms with Crippen LogP contribution in [0.5, 0.6) is 5.88 Å². The Morgan fingerprint density at radius 2 is 2.22 bits per heavy atom. The number of hydrogen-bond acceptors (Lipinski definition) is 2. The summed E-state index contributed by atoms with van der Waals surface area (Å²) in [7, 11) is 1.63. The van der Waals surface area contributed by atoms with E-state index >= 15 is 0 Å². The largest absolute Gasteiger partial charge is 0.492 e. The molecule has 1 rings (SSSR count). The van der Waals surface area contributed by atoms with Gasteiger partial charge in [0.15, 0.2) is 0 Å². The van der Waals surface area contributed by atoms with E-state index in [1.807, 2.05) is 0 Å². The number of aromatic hydroxyl groups is 1. The quantitative estimate of drug-likeness (QED) is 0.595. The summed E-state index contributed by atoms with van der Waals surface area (Å²) in [6.45, 7) is 1.74. The zero-order valence-corrected chi connectivity index (χ0v) is 5.98. The molecule has 1 N–H and O–H groups in total. The van der Waals surface area contributed by atoms with Crippen LogP contribution in [0.3, 0.4) is 0 Å². The molecule has 0 aromatic carbocycles. The van der Waals surface area contributed by atoms with Crippen molar-refractivity contribution in [2.75, 3.05) is 0 Å². The minimum Gasteiger partial charge on any atom is -0.492 e. The number of hydrogen-bond donors (Lipinski definition) is 1. The van der Waals surface area contributed by atoms with Gasteiger partial charge in [-0.1, -0.05) is 11.6 Å². The first-order valence-electron chi connectivity index (χ1n) is 2.51. The Balaban J connectivity index is 3.29. The Morgan fingerprint density at radius 3 is 2.33 bits per heavy atom. The third kappa shape index (κ3) is 0.876. The normalized spacial score (nSPS) is 10.1. The fourth-order valence-corrected chi connectivity index (χ4v) is 0.780. The Bertz CT molecular complexity index is 209. The van der Waals surface area contributed by atoms with Crippen LogP contribution >= 0.6 is 11.6 Å². The summed E-state index contributed by atoms with van der Waals surface area (Å²) < 4.78 is 1.33. The maximum absolute atomic E-state index is 9.00. The van der Waals surface area contributed by atoms with Crippen LogP contribution in [0.1, 0.15) is 5.69 Å². The smallest absolute Gasteiger partial charge is 0.228 e. The highest BCUT2D eigenvalue weighted by atomic mass is 35.5. The van der Waals surface area contributed by atoms with Gasteiger partial charge in [-0.05, 0) is 6.92 Å². The Labute approximate surface area is 57.9 Å². The molecular weight excluding hydrogens is 140 g/mol. The maximum atomic E-state index is 9.00. The predicted octanol–water partition coefficient (Wildman–Crippen LogP) is 1.09. The second-order valence-corrected chi connectivity index (χ2v) is 2.22. The van der Waals surface area contributed by atoms with Crippen LogP contribution in [0.15, 0.2) is 0 Å². The van der Waals surface area contributed by atoms with Crippen molar-refractivity contribution in [3.8, 4) is 5.88 Å². The van der Waals surface area contributed by atoms with Crippen molar-refractivity contribution in [2.45, 2.75) is 6.92 Å². The molecule has 0 saturated carbocycles. The second kappa shape index (κ2) is 1.92. The number of rotatable bonds is 0. The van der Waals surface area contributed by atoms with Crippen molar-refractivity contribution in [3.05, 3.63) is 10.7 Å². The number of halogens is 1. The minimum atomic E-state index is 0.0224. The van der Waals surface area contributed by atoms with Gasteiger partial charge in [-0.3, -0.25) is 0 Å². The molecule has 0 radical (unpaired) electrons. The van der Waals surface area contributed by atoms with Gasteiger partial charge in [-0.25, -0.2) is 4.68 Å². The minimum absolute atomic E-state index is 0.0224. The molecule has 0 spiro atoms. The van der Waals surface area contributed by atoms with Gasteiger partial charge in [-0.15, -0.1) is 0 Å². The summed E-state index contributed by atoms with van der Waals surface area (Å²) in [5, 5.41) is 13.2. The van der Waals surface area contributed by atoms with E-state index in [9.17, 15) is 0 Å². The predicted molar refractivity (Wildman–Crippen MR) is 34.6 cm³/mol. The second-order valence-electron chi connectivity index (χ2n) is 1.85. The van der Waals surface area contributed by atoms with Crippen molar-refractivity contribution >= 4 is 11.6 Å². The first kappa shape index (κ1) is 6.42. The Hall–Kier alpha value is -0.700. The highest BCUT2D eigenvalue weighted by Crippen LogP contribution is 2.24. The summed E-state index contributed by atoms with van der Waals surface area (Å²) in [5.41, 5.74) is 0.650. The molecule has 9 heavy (non-hydrogen) atoms. The molecule has 0 aliphatic rings. The van der Waals surface area contributed by atoms with E-state index in [1.165, 1.54) is 4.68 Å². The molecule has 4 heteroatoms. The molecule has 0 bridgehead atoms.